The Hall–Kier alpha value is -2.67. The van der Waals surface area contributed by atoms with Crippen LogP contribution in [0.5, 0.6) is 5.88 Å². The maximum absolute atomic E-state index is 12.2. The minimum absolute atomic E-state index is 0.237. The van der Waals surface area contributed by atoms with E-state index in [0.717, 1.165) is 26.7 Å². The van der Waals surface area contributed by atoms with Gasteiger partial charge in [0, 0.05) is 19.7 Å². The van der Waals surface area contributed by atoms with Gasteiger partial charge in [0.25, 0.3) is 0 Å². The summed E-state index contributed by atoms with van der Waals surface area (Å²) < 4.78 is 10.6. The molecule has 1 aromatic carbocycles. The molecule has 7 heteroatoms. The first kappa shape index (κ1) is 17.2. The Balaban J connectivity index is 1.99. The van der Waals surface area contributed by atoms with Crippen molar-refractivity contribution in [3.05, 3.63) is 45.5 Å². The smallest absolute Gasteiger partial charge is 0.363 e. The molecule has 25 heavy (non-hydrogen) atoms. The average Bonchev–Trinajstić information content (AvgIpc) is 3.11. The van der Waals surface area contributed by atoms with Crippen LogP contribution < -0.4 is 9.64 Å². The zero-order chi connectivity index (χ0) is 18.1. The van der Waals surface area contributed by atoms with Crippen LogP contribution in [0.4, 0.5) is 5.13 Å². The first-order chi connectivity index (χ1) is 11.9. The van der Waals surface area contributed by atoms with Crippen LogP contribution in [-0.2, 0) is 9.53 Å². The highest BCUT2D eigenvalue weighted by Crippen LogP contribution is 2.33. The van der Waals surface area contributed by atoms with Gasteiger partial charge in [-0.25, -0.2) is 9.79 Å². The third-order valence-corrected chi connectivity index (χ3v) is 4.69. The number of anilines is 1. The molecule has 2 aromatic rings. The van der Waals surface area contributed by atoms with Gasteiger partial charge in [-0.15, -0.1) is 0 Å². The van der Waals surface area contributed by atoms with Crippen molar-refractivity contribution in [2.24, 2.45) is 4.99 Å². The number of cyclic esters (lactones) is 1. The molecule has 0 N–H and O–H groups in total. The van der Waals surface area contributed by atoms with Gasteiger partial charge >= 0.3 is 5.97 Å². The van der Waals surface area contributed by atoms with Gasteiger partial charge in [-0.2, -0.15) is 4.98 Å². The minimum atomic E-state index is -0.476. The van der Waals surface area contributed by atoms with Crippen LogP contribution in [0, 0.1) is 13.8 Å². The van der Waals surface area contributed by atoms with E-state index in [0.29, 0.717) is 11.8 Å². The molecular formula is C18H19N3O3S. The van der Waals surface area contributed by atoms with Gasteiger partial charge in [-0.05, 0) is 32.1 Å². The fraction of sp³-hybridized carbons (Fsp3) is 0.278. The number of carbonyl (C=O) groups is 1. The summed E-state index contributed by atoms with van der Waals surface area (Å²) in [6.45, 7) is 3.99. The Morgan fingerprint density at radius 3 is 2.48 bits per heavy atom. The average molecular weight is 357 g/mol. The van der Waals surface area contributed by atoms with Crippen LogP contribution in [0.3, 0.4) is 0 Å². The molecule has 0 fully saturated rings. The van der Waals surface area contributed by atoms with Crippen molar-refractivity contribution < 1.29 is 14.3 Å². The second kappa shape index (κ2) is 6.68. The van der Waals surface area contributed by atoms with Gasteiger partial charge in [0.05, 0.1) is 12.0 Å². The number of aliphatic imine (C=N–C) groups is 1. The molecule has 0 spiro atoms. The Bertz CT molecular complexity index is 877. The van der Waals surface area contributed by atoms with E-state index in [1.54, 1.807) is 13.2 Å². The number of ether oxygens (including phenoxy) is 2. The normalized spacial score (nSPS) is 15.3. The van der Waals surface area contributed by atoms with Gasteiger partial charge in [0.1, 0.15) is 0 Å². The predicted molar refractivity (Wildman–Crippen MR) is 99.5 cm³/mol. The highest BCUT2D eigenvalue weighted by molar-refractivity contribution is 7.16. The number of hydrogen-bond acceptors (Lipinski definition) is 7. The van der Waals surface area contributed by atoms with E-state index in [9.17, 15) is 4.79 Å². The van der Waals surface area contributed by atoms with Gasteiger partial charge in [-0.1, -0.05) is 28.5 Å². The molecule has 0 saturated carbocycles. The van der Waals surface area contributed by atoms with Gasteiger partial charge in [-0.3, -0.25) is 0 Å². The quantitative estimate of drug-likeness (QED) is 0.621. The number of nitrogens with zero attached hydrogens (tertiary/aromatic N) is 3. The standard InChI is InChI=1S/C18H19N3O3S/c1-10-6-11(2)8-12(7-10)15-19-13(17(22)24-15)9-14-16(23-5)20-18(25-14)21(3)4/h6-9H,1-5H3/b13-9+. The van der Waals surface area contributed by atoms with Crippen molar-refractivity contribution in [3.8, 4) is 5.88 Å². The van der Waals surface area contributed by atoms with Crippen LogP contribution in [0.2, 0.25) is 0 Å². The second-order valence-corrected chi connectivity index (χ2v) is 6.99. The summed E-state index contributed by atoms with van der Waals surface area (Å²) in [5, 5.41) is 0.786. The van der Waals surface area contributed by atoms with Crippen molar-refractivity contribution in [2.75, 3.05) is 26.1 Å². The third kappa shape index (κ3) is 3.56. The molecule has 0 atom stereocenters. The van der Waals surface area contributed by atoms with E-state index in [2.05, 4.69) is 16.0 Å². The number of rotatable bonds is 4. The second-order valence-electron chi connectivity index (χ2n) is 5.98. The summed E-state index contributed by atoms with van der Waals surface area (Å²) in [5.41, 5.74) is 3.21. The number of carbonyl (C=O) groups excluding carboxylic acids is 1. The number of hydrogen-bond donors (Lipinski definition) is 0. The zero-order valence-electron chi connectivity index (χ0n) is 14.8. The summed E-state index contributed by atoms with van der Waals surface area (Å²) in [6.07, 6.45) is 1.65. The molecule has 0 saturated heterocycles. The molecule has 0 amide bonds. The van der Waals surface area contributed by atoms with Crippen LogP contribution >= 0.6 is 11.3 Å². The van der Waals surface area contributed by atoms with Crippen LogP contribution in [-0.4, -0.2) is 38.1 Å². The Labute approximate surface area is 150 Å². The molecule has 0 aliphatic carbocycles. The molecule has 2 heterocycles. The van der Waals surface area contributed by atoms with Crippen LogP contribution in [0.1, 0.15) is 21.6 Å². The first-order valence-corrected chi connectivity index (χ1v) is 8.52. The van der Waals surface area contributed by atoms with Crippen LogP contribution in [0.15, 0.2) is 28.9 Å². The van der Waals surface area contributed by atoms with Crippen molar-refractivity contribution in [1.29, 1.82) is 0 Å². The summed E-state index contributed by atoms with van der Waals surface area (Å²) >= 11 is 1.42. The lowest BCUT2D eigenvalue weighted by molar-refractivity contribution is -0.129. The van der Waals surface area contributed by atoms with Crippen molar-refractivity contribution >= 4 is 34.4 Å². The molecule has 1 aromatic heterocycles. The molecule has 1 aliphatic rings. The Morgan fingerprint density at radius 2 is 1.88 bits per heavy atom. The molecular weight excluding hydrogens is 338 g/mol. The van der Waals surface area contributed by atoms with E-state index in [1.165, 1.54) is 11.3 Å². The molecule has 1 aliphatic heterocycles. The van der Waals surface area contributed by atoms with Crippen molar-refractivity contribution in [1.82, 2.24) is 4.98 Å². The number of benzene rings is 1. The van der Waals surface area contributed by atoms with E-state index in [4.69, 9.17) is 9.47 Å². The van der Waals surface area contributed by atoms with Gasteiger partial charge in [0.2, 0.25) is 11.8 Å². The van der Waals surface area contributed by atoms with Crippen molar-refractivity contribution in [2.45, 2.75) is 13.8 Å². The summed E-state index contributed by atoms with van der Waals surface area (Å²) in [5.74, 6) is 0.305. The van der Waals surface area contributed by atoms with E-state index in [1.807, 2.05) is 45.0 Å². The van der Waals surface area contributed by atoms with E-state index < -0.39 is 5.97 Å². The molecule has 130 valence electrons. The zero-order valence-corrected chi connectivity index (χ0v) is 15.6. The molecule has 0 radical (unpaired) electrons. The Kier molecular flexibility index (Phi) is 4.59. The number of thiazole rings is 1. The maximum atomic E-state index is 12.2. The maximum Gasteiger partial charge on any atom is 0.363 e. The number of methoxy groups -OCH3 is 1. The monoisotopic (exact) mass is 357 g/mol. The number of esters is 1. The topological polar surface area (TPSA) is 64.0 Å². The molecule has 3 rings (SSSR count). The fourth-order valence-electron chi connectivity index (χ4n) is 2.49. The summed E-state index contributed by atoms with van der Waals surface area (Å²) in [4.78, 5) is 23.5. The largest absolute Gasteiger partial charge is 0.480 e. The van der Waals surface area contributed by atoms with Gasteiger partial charge < -0.3 is 14.4 Å². The summed E-state index contributed by atoms with van der Waals surface area (Å²) in [6, 6.07) is 5.95. The molecule has 0 unspecified atom stereocenters. The Morgan fingerprint density at radius 1 is 1.20 bits per heavy atom. The van der Waals surface area contributed by atoms with Crippen LogP contribution in [0.25, 0.3) is 6.08 Å². The predicted octanol–water partition coefficient (Wildman–Crippen LogP) is 3.18. The number of aromatic nitrogens is 1. The van der Waals surface area contributed by atoms with E-state index >= 15 is 0 Å². The highest BCUT2D eigenvalue weighted by Gasteiger charge is 2.25. The lowest BCUT2D eigenvalue weighted by atomic mass is 10.1. The lowest BCUT2D eigenvalue weighted by Crippen LogP contribution is -2.07. The summed E-state index contributed by atoms with van der Waals surface area (Å²) in [7, 11) is 5.35. The van der Waals surface area contributed by atoms with Gasteiger partial charge in [0.15, 0.2) is 10.8 Å². The van der Waals surface area contributed by atoms with Crippen molar-refractivity contribution in [3.63, 3.8) is 0 Å². The lowest BCUT2D eigenvalue weighted by Gasteiger charge is -2.04. The number of aryl methyl sites for hydroxylation is 2. The molecule has 6 nitrogen and oxygen atoms in total. The SMILES string of the molecule is COc1nc(N(C)C)sc1/C=C1/N=C(c2cc(C)cc(C)c2)OC1=O. The fourth-order valence-corrected chi connectivity index (χ4v) is 3.39. The van der Waals surface area contributed by atoms with E-state index in [-0.39, 0.29) is 5.70 Å². The molecule has 0 bridgehead atoms. The first-order valence-electron chi connectivity index (χ1n) is 7.70. The highest BCUT2D eigenvalue weighted by atomic mass is 32.1. The minimum Gasteiger partial charge on any atom is -0.480 e. The third-order valence-electron chi connectivity index (χ3n) is 3.54.